The molecule has 2 heterocycles. The molecular weight excluding hydrogens is 350 g/mol. The second-order valence-electron chi connectivity index (χ2n) is 4.85. The van der Waals surface area contributed by atoms with Gasteiger partial charge in [0.2, 0.25) is 0 Å². The van der Waals surface area contributed by atoms with Gasteiger partial charge >= 0.3 is 11.9 Å². The normalized spacial score (nSPS) is 10.9. The first kappa shape index (κ1) is 16.5. The Bertz CT molecular complexity index is 882. The number of carbonyl (C=O) groups is 2. The van der Waals surface area contributed by atoms with Crippen molar-refractivity contribution in [2.24, 2.45) is 0 Å². The van der Waals surface area contributed by atoms with Crippen LogP contribution >= 0.6 is 22.7 Å². The van der Waals surface area contributed by atoms with Crippen molar-refractivity contribution in [2.45, 2.75) is 6.92 Å². The predicted octanol–water partition coefficient (Wildman–Crippen LogP) is 3.38. The highest BCUT2D eigenvalue weighted by Crippen LogP contribution is 2.49. The number of thiophene rings is 1. The number of fused-ring (bicyclic) bond motifs is 3. The van der Waals surface area contributed by atoms with Crippen molar-refractivity contribution >= 4 is 49.7 Å². The summed E-state index contributed by atoms with van der Waals surface area (Å²) in [5.74, 6) is -0.657. The lowest BCUT2D eigenvalue weighted by molar-refractivity contribution is -0.145. The summed E-state index contributed by atoms with van der Waals surface area (Å²) < 4.78 is 16.2. The topological polar surface area (TPSA) is 87.8 Å². The number of carbonyl (C=O) groups excluding carboxylic acids is 2. The molecule has 0 bridgehead atoms. The molecule has 0 radical (unpaired) electrons. The number of methoxy groups -OCH3 is 1. The van der Waals surface area contributed by atoms with Crippen molar-refractivity contribution in [3.8, 4) is 16.2 Å². The Labute approximate surface area is 146 Å². The van der Waals surface area contributed by atoms with Crippen LogP contribution in [0.1, 0.15) is 16.6 Å². The number of nitrogens with two attached hydrogens (primary N) is 1. The zero-order valence-corrected chi connectivity index (χ0v) is 14.7. The van der Waals surface area contributed by atoms with Crippen molar-refractivity contribution in [1.82, 2.24) is 0 Å². The van der Waals surface area contributed by atoms with E-state index in [1.165, 1.54) is 29.8 Å². The maximum Gasteiger partial charge on any atom is 0.351 e. The Morgan fingerprint density at radius 2 is 2.04 bits per heavy atom. The summed E-state index contributed by atoms with van der Waals surface area (Å²) in [6, 6.07) is 5.71. The van der Waals surface area contributed by atoms with Crippen molar-refractivity contribution in [2.75, 3.05) is 26.1 Å². The van der Waals surface area contributed by atoms with E-state index in [1.54, 1.807) is 6.92 Å². The quantitative estimate of drug-likeness (QED) is 0.698. The van der Waals surface area contributed by atoms with Gasteiger partial charge in [-0.05, 0) is 24.6 Å². The Balaban J connectivity index is 2.11. The summed E-state index contributed by atoms with van der Waals surface area (Å²) in [7, 11) is 1.31. The summed E-state index contributed by atoms with van der Waals surface area (Å²) in [4.78, 5) is 24.9. The molecule has 1 aliphatic carbocycles. The third kappa shape index (κ3) is 2.90. The molecule has 0 saturated heterocycles. The zero-order valence-electron chi connectivity index (χ0n) is 13.1. The number of nitrogen functional groups attached to an aromatic ring is 1. The van der Waals surface area contributed by atoms with E-state index in [0.29, 0.717) is 15.6 Å². The minimum absolute atomic E-state index is 0.267. The highest BCUT2D eigenvalue weighted by molar-refractivity contribution is 7.24. The zero-order chi connectivity index (χ0) is 17.3. The third-order valence-electron chi connectivity index (χ3n) is 3.33. The molecule has 0 spiro atoms. The molecule has 2 aliphatic rings. The lowest BCUT2D eigenvalue weighted by atomic mass is 10.2. The third-order valence-corrected chi connectivity index (χ3v) is 5.44. The standard InChI is InChI=1S/C16H15NO5S2/c1-3-21-11(18)7-22-13-12-9(23-15(13)16(19)20-2)6-8-4-5-10(17)24-14(8)12/h4-6H,3,7,17H2,1-2H3. The van der Waals surface area contributed by atoms with E-state index < -0.39 is 11.9 Å². The molecular formula is C16H15NO5S2. The Morgan fingerprint density at radius 1 is 1.25 bits per heavy atom. The van der Waals surface area contributed by atoms with Gasteiger partial charge < -0.3 is 19.9 Å². The number of ether oxygens (including phenoxy) is 3. The van der Waals surface area contributed by atoms with E-state index in [-0.39, 0.29) is 13.2 Å². The van der Waals surface area contributed by atoms with Crippen LogP contribution in [0.3, 0.4) is 0 Å². The summed E-state index contributed by atoms with van der Waals surface area (Å²) in [5, 5.41) is 1.43. The van der Waals surface area contributed by atoms with Crippen LogP contribution in [-0.4, -0.2) is 32.3 Å². The molecule has 1 aromatic rings. The van der Waals surface area contributed by atoms with Gasteiger partial charge in [-0.15, -0.1) is 22.7 Å². The Morgan fingerprint density at radius 3 is 2.75 bits per heavy atom. The van der Waals surface area contributed by atoms with Gasteiger partial charge in [0.05, 0.1) is 24.1 Å². The summed E-state index contributed by atoms with van der Waals surface area (Å²) in [6.07, 6.45) is 0. The van der Waals surface area contributed by atoms with Crippen LogP contribution in [0, 0.1) is 0 Å². The fourth-order valence-corrected chi connectivity index (χ4v) is 4.47. The molecule has 1 aromatic heterocycles. The molecule has 0 unspecified atom stereocenters. The van der Waals surface area contributed by atoms with E-state index in [1.807, 2.05) is 18.2 Å². The smallest absolute Gasteiger partial charge is 0.351 e. The van der Waals surface area contributed by atoms with Gasteiger partial charge in [0.1, 0.15) is 0 Å². The van der Waals surface area contributed by atoms with Crippen LogP contribution in [0.25, 0.3) is 20.5 Å². The van der Waals surface area contributed by atoms with Gasteiger partial charge in [0.15, 0.2) is 17.2 Å². The number of rotatable bonds is 5. The first-order valence-electron chi connectivity index (χ1n) is 7.16. The summed E-state index contributed by atoms with van der Waals surface area (Å²) in [6.45, 7) is 1.71. The minimum atomic E-state index is -0.503. The molecule has 126 valence electrons. The fourth-order valence-electron chi connectivity index (χ4n) is 2.36. The van der Waals surface area contributed by atoms with Crippen LogP contribution in [0.5, 0.6) is 5.75 Å². The molecule has 1 aliphatic heterocycles. The first-order chi connectivity index (χ1) is 11.5. The van der Waals surface area contributed by atoms with Crippen molar-refractivity contribution in [1.29, 1.82) is 0 Å². The van der Waals surface area contributed by atoms with Crippen molar-refractivity contribution < 1.29 is 23.8 Å². The first-order valence-corrected chi connectivity index (χ1v) is 8.79. The maximum absolute atomic E-state index is 12.0. The van der Waals surface area contributed by atoms with Gasteiger partial charge in [-0.25, -0.2) is 9.59 Å². The fraction of sp³-hybridized carbons (Fsp3) is 0.250. The number of hydrogen-bond acceptors (Lipinski definition) is 8. The molecule has 24 heavy (non-hydrogen) atoms. The molecule has 2 N–H and O–H groups in total. The Hall–Kier alpha value is -2.32. The van der Waals surface area contributed by atoms with Crippen molar-refractivity contribution in [3.63, 3.8) is 0 Å². The molecule has 0 atom stereocenters. The Kier molecular flexibility index (Phi) is 4.59. The van der Waals surface area contributed by atoms with E-state index in [2.05, 4.69) is 0 Å². The SMILES string of the molecule is CCOC(=O)COc1c(C(=O)OC)sc2cc3ccc(N)sc-3c12. The monoisotopic (exact) mass is 365 g/mol. The van der Waals surface area contributed by atoms with Gasteiger partial charge in [0, 0.05) is 9.58 Å². The average Bonchev–Trinajstić information content (AvgIpc) is 3.08. The number of hydrogen-bond donors (Lipinski definition) is 1. The largest absolute Gasteiger partial charge is 0.479 e. The van der Waals surface area contributed by atoms with Crippen LogP contribution < -0.4 is 10.5 Å². The van der Waals surface area contributed by atoms with Crippen LogP contribution in [-0.2, 0) is 14.3 Å². The molecule has 6 nitrogen and oxygen atoms in total. The van der Waals surface area contributed by atoms with Crippen LogP contribution in [0.2, 0.25) is 0 Å². The average molecular weight is 365 g/mol. The molecule has 8 heteroatoms. The highest BCUT2D eigenvalue weighted by Gasteiger charge is 2.26. The lowest BCUT2D eigenvalue weighted by Gasteiger charge is -2.08. The van der Waals surface area contributed by atoms with E-state index >= 15 is 0 Å². The number of anilines is 1. The van der Waals surface area contributed by atoms with E-state index in [4.69, 9.17) is 19.9 Å². The number of esters is 2. The molecule has 0 saturated carbocycles. The molecule has 3 rings (SSSR count). The van der Waals surface area contributed by atoms with Crippen molar-refractivity contribution in [3.05, 3.63) is 23.1 Å². The second kappa shape index (κ2) is 6.66. The molecule has 0 fully saturated rings. The second-order valence-corrected chi connectivity index (χ2v) is 6.99. The van der Waals surface area contributed by atoms with Gasteiger partial charge in [-0.3, -0.25) is 0 Å². The molecule has 0 aromatic carbocycles. The summed E-state index contributed by atoms with van der Waals surface area (Å²) in [5.41, 5.74) is 6.90. The van der Waals surface area contributed by atoms with Gasteiger partial charge in [0.25, 0.3) is 0 Å². The van der Waals surface area contributed by atoms with E-state index in [0.717, 1.165) is 20.5 Å². The highest BCUT2D eigenvalue weighted by atomic mass is 32.1. The predicted molar refractivity (Wildman–Crippen MR) is 94.2 cm³/mol. The molecule has 0 amide bonds. The minimum Gasteiger partial charge on any atom is -0.479 e. The van der Waals surface area contributed by atoms with Crippen LogP contribution in [0.4, 0.5) is 5.00 Å². The van der Waals surface area contributed by atoms with Gasteiger partial charge in [-0.1, -0.05) is 6.07 Å². The van der Waals surface area contributed by atoms with Gasteiger partial charge in [-0.2, -0.15) is 0 Å². The van der Waals surface area contributed by atoms with E-state index in [9.17, 15) is 9.59 Å². The maximum atomic E-state index is 12.0. The summed E-state index contributed by atoms with van der Waals surface area (Å²) >= 11 is 2.67. The lowest BCUT2D eigenvalue weighted by Crippen LogP contribution is -2.15. The van der Waals surface area contributed by atoms with Crippen LogP contribution in [0.15, 0.2) is 18.2 Å².